The monoisotopic (exact) mass is 198 g/mol. The molecule has 50 valence electrons. The molecule has 0 saturated carbocycles. The van der Waals surface area contributed by atoms with Gasteiger partial charge in [0, 0.05) is 0 Å². The Balaban J connectivity index is -0.00000000625. The molecule has 5 nitrogen and oxygen atoms in total. The quantitative estimate of drug-likeness (QED) is 0.175. The summed E-state index contributed by atoms with van der Waals surface area (Å²) in [5, 5.41) is 13.8. The molecule has 0 heterocycles. The van der Waals surface area contributed by atoms with Crippen LogP contribution in [0.25, 0.3) is 5.41 Å². The summed E-state index contributed by atoms with van der Waals surface area (Å²) >= 11 is 0. The number of nitrogens with zero attached hydrogens (tertiary/aromatic N) is 2. The zero-order valence-electron chi connectivity index (χ0n) is 5.90. The summed E-state index contributed by atoms with van der Waals surface area (Å²) in [5.74, 6) is -0.583. The predicted octanol–water partition coefficient (Wildman–Crippen LogP) is -4.79. The smallest absolute Gasteiger partial charge is 1.00 e. The molecule has 0 amide bonds. The molecular weight excluding hydrogens is 191 g/mol. The van der Waals surface area contributed by atoms with Crippen LogP contribution in [0.1, 0.15) is 1.43 Å². The first-order valence-corrected chi connectivity index (χ1v) is 1.02. The Kier molecular flexibility index (Phi) is 133. The Morgan fingerprint density at radius 2 is 1.44 bits per heavy atom. The fourth-order valence-electron chi connectivity index (χ4n) is 0. The first kappa shape index (κ1) is 32.7. The van der Waals surface area contributed by atoms with Crippen LogP contribution in [0.15, 0.2) is 0 Å². The summed E-state index contributed by atoms with van der Waals surface area (Å²) < 4.78 is 0. The third kappa shape index (κ3) is 547. The molecule has 0 aliphatic heterocycles. The van der Waals surface area contributed by atoms with Crippen LogP contribution in [0, 0.1) is 11.8 Å². The van der Waals surface area contributed by atoms with Crippen LogP contribution in [0.4, 0.5) is 0 Å². The Labute approximate surface area is 108 Å². The van der Waals surface area contributed by atoms with Gasteiger partial charge in [0.25, 0.3) is 0 Å². The molecule has 0 spiro atoms. The maximum absolute atomic E-state index is 7.53. The van der Waals surface area contributed by atoms with E-state index in [1.165, 1.54) is 0 Å². The maximum atomic E-state index is 7.53. The summed E-state index contributed by atoms with van der Waals surface area (Å²) in [6, 6.07) is 0. The van der Waals surface area contributed by atoms with Gasteiger partial charge in [-0.2, -0.15) is 0 Å². The molecule has 0 saturated heterocycles. The van der Waals surface area contributed by atoms with Crippen LogP contribution in [0.2, 0.25) is 0 Å². The molecule has 0 radical (unpaired) electrons. The molecule has 0 atom stereocenters. The summed E-state index contributed by atoms with van der Waals surface area (Å²) in [4.78, 5) is 0. The maximum Gasteiger partial charge on any atom is 2.00 e. The fraction of sp³-hybridized carbons (Fsp3) is 0. The molecule has 0 unspecified atom stereocenters. The van der Waals surface area contributed by atoms with Gasteiger partial charge in [0.1, 0.15) is 0 Å². The van der Waals surface area contributed by atoms with Crippen molar-refractivity contribution in [1.29, 1.82) is 5.26 Å². The molecule has 9 heavy (non-hydrogen) atoms. The fourth-order valence-corrected chi connectivity index (χ4v) is 0. The first-order chi connectivity index (χ1) is 2.73. The van der Waals surface area contributed by atoms with Crippen molar-refractivity contribution in [2.45, 2.75) is 0 Å². The largest absolute Gasteiger partial charge is 2.00 e. The third-order valence-electron chi connectivity index (χ3n) is 0. The summed E-state index contributed by atoms with van der Waals surface area (Å²) in [6.45, 7) is 4.75. The zero-order chi connectivity index (χ0) is 5.58. The second kappa shape index (κ2) is 36.6. The Hall–Kier alpha value is 0.876. The molecule has 0 fully saturated rings. The van der Waals surface area contributed by atoms with Gasteiger partial charge in [-0.25, -0.2) is 0 Å². The van der Waals surface area contributed by atoms with Crippen LogP contribution in [0.5, 0.6) is 0 Å². The molecule has 0 aromatic carbocycles. The molecule has 0 aliphatic rings. The van der Waals surface area contributed by atoms with Crippen molar-refractivity contribution in [3.63, 3.8) is 0 Å². The van der Waals surface area contributed by atoms with Crippen LogP contribution in [-0.2, 0) is 17.1 Å². The van der Waals surface area contributed by atoms with Crippen molar-refractivity contribution in [3.05, 3.63) is 12.0 Å². The van der Waals surface area contributed by atoms with Gasteiger partial charge in [-0.05, 0) is 5.96 Å². The second-order valence-electron chi connectivity index (χ2n) is 0.425. The van der Waals surface area contributed by atoms with Crippen molar-refractivity contribution in [2.24, 2.45) is 11.5 Å². The topological polar surface area (TPSA) is 130 Å². The van der Waals surface area contributed by atoms with E-state index in [4.69, 9.17) is 17.2 Å². The normalized spacial score (nSPS) is 2.89. The first-order valence-electron chi connectivity index (χ1n) is 1.02. The van der Waals surface area contributed by atoms with Gasteiger partial charge in [0.05, 0.1) is 0 Å². The van der Waals surface area contributed by atoms with Gasteiger partial charge >= 0.3 is 68.5 Å². The van der Waals surface area contributed by atoms with Crippen LogP contribution in [0.3, 0.4) is 0 Å². The average molecular weight is 198 g/mol. The Morgan fingerprint density at radius 1 is 1.44 bits per heavy atom. The minimum Gasteiger partial charge on any atom is -1.00 e. The SMILES string of the molecule is O.[C-]#N.[Fe+2].[H-].[K+].[N-]=C(N)N. The van der Waals surface area contributed by atoms with Crippen molar-refractivity contribution < 1.29 is 75.4 Å². The van der Waals surface area contributed by atoms with E-state index in [-0.39, 0.29) is 75.4 Å². The minimum absolute atomic E-state index is 0. The van der Waals surface area contributed by atoms with Crippen molar-refractivity contribution in [2.75, 3.05) is 0 Å². The van der Waals surface area contributed by atoms with Gasteiger partial charge in [-0.1, -0.05) is 0 Å². The molecule has 0 aromatic rings. The molecule has 7 heteroatoms. The second-order valence-corrected chi connectivity index (χ2v) is 0.425. The van der Waals surface area contributed by atoms with Gasteiger partial charge in [-0.3, -0.25) is 0 Å². The number of rotatable bonds is 0. The summed E-state index contributed by atoms with van der Waals surface area (Å²) in [5.41, 5.74) is 8.72. The number of nitrogens with two attached hydrogens (primary N) is 2. The average Bonchev–Trinajstić information content (AvgIpc) is 1.41. The molecule has 0 aromatic heterocycles. The summed E-state index contributed by atoms with van der Waals surface area (Å²) in [6.07, 6.45) is 0. The number of guanidine groups is 1. The molecule has 0 rings (SSSR count). The van der Waals surface area contributed by atoms with E-state index in [0.717, 1.165) is 0 Å². The van der Waals surface area contributed by atoms with Crippen molar-refractivity contribution >= 4 is 5.96 Å². The standard InChI is InChI=1S/CH4N3.CN.Fe.K.H2O.H/c2-1(3)4;1-2;;;;/h(H4-,2,3,4);;;;1H2;/q2*-1;+2;+1;;-1. The molecule has 0 aliphatic carbocycles. The molecular formula is C2H7FeKN4O. The van der Waals surface area contributed by atoms with Crippen molar-refractivity contribution in [3.8, 4) is 0 Å². The van der Waals surface area contributed by atoms with Crippen molar-refractivity contribution in [1.82, 2.24) is 0 Å². The van der Waals surface area contributed by atoms with E-state index in [1.54, 1.807) is 0 Å². The van der Waals surface area contributed by atoms with E-state index < -0.39 is 5.96 Å². The Morgan fingerprint density at radius 3 is 1.44 bits per heavy atom. The van der Waals surface area contributed by atoms with Crippen LogP contribution < -0.4 is 62.9 Å². The van der Waals surface area contributed by atoms with Crippen LogP contribution >= 0.6 is 0 Å². The number of hydrogen-bond acceptors (Lipinski definition) is 1. The van der Waals surface area contributed by atoms with E-state index in [9.17, 15) is 0 Å². The van der Waals surface area contributed by atoms with Gasteiger partial charge in [0.15, 0.2) is 0 Å². The molecule has 0 bridgehead atoms. The van der Waals surface area contributed by atoms with E-state index in [2.05, 4.69) is 11.5 Å². The third-order valence-corrected chi connectivity index (χ3v) is 0. The zero-order valence-corrected chi connectivity index (χ0v) is 9.13. The van der Waals surface area contributed by atoms with Crippen LogP contribution in [-0.4, -0.2) is 11.4 Å². The van der Waals surface area contributed by atoms with Gasteiger partial charge in [-0.15, -0.1) is 0 Å². The minimum atomic E-state index is -0.583. The predicted molar refractivity (Wildman–Crippen MR) is 26.4 cm³/mol. The van der Waals surface area contributed by atoms with Gasteiger partial charge < -0.3 is 35.6 Å². The van der Waals surface area contributed by atoms with E-state index in [0.29, 0.717) is 0 Å². The van der Waals surface area contributed by atoms with E-state index in [1.807, 2.05) is 0 Å². The van der Waals surface area contributed by atoms with Gasteiger partial charge in [0.2, 0.25) is 0 Å². The van der Waals surface area contributed by atoms with E-state index >= 15 is 0 Å². The number of hydrogen-bond donors (Lipinski definition) is 2. The summed E-state index contributed by atoms with van der Waals surface area (Å²) in [7, 11) is 0. The Bertz CT molecular complexity index is 67.5. The molecule has 6 N–H and O–H groups in total.